The highest BCUT2D eigenvalue weighted by molar-refractivity contribution is 6.32. The van der Waals surface area contributed by atoms with Crippen molar-refractivity contribution in [2.24, 2.45) is 0 Å². The Kier molecular flexibility index (Phi) is 6.15. The molecule has 0 radical (unpaired) electrons. The van der Waals surface area contributed by atoms with Gasteiger partial charge in [-0.05, 0) is 101 Å². The van der Waals surface area contributed by atoms with Crippen molar-refractivity contribution in [3.05, 3.63) is 167 Å². The van der Waals surface area contributed by atoms with Crippen LogP contribution >= 0.6 is 0 Å². The Hall–Kier alpha value is -6.15. The summed E-state index contributed by atoms with van der Waals surface area (Å²) in [4.78, 5) is 0. The van der Waals surface area contributed by atoms with E-state index < -0.39 is 0 Å². The molecule has 0 aromatic heterocycles. The summed E-state index contributed by atoms with van der Waals surface area (Å²) < 4.78 is 0. The predicted octanol–water partition coefficient (Wildman–Crippen LogP) is 10.9. The van der Waals surface area contributed by atoms with Gasteiger partial charge in [-0.15, -0.1) is 0 Å². The molecule has 0 aliphatic heterocycles. The number of fused-ring (bicyclic) bond motifs is 9. The first-order valence-corrected chi connectivity index (χ1v) is 14.7. The van der Waals surface area contributed by atoms with Crippen molar-refractivity contribution in [3.8, 4) is 17.9 Å². The Morgan fingerprint density at radius 1 is 0.386 bits per heavy atom. The molecule has 0 fully saturated rings. The minimum absolute atomic E-state index is 0.667. The molecule has 8 aromatic rings. The normalized spacial score (nSPS) is 11.3. The maximum absolute atomic E-state index is 8.99. The first kappa shape index (κ1) is 25.6. The molecule has 0 aliphatic rings. The van der Waals surface area contributed by atoms with E-state index in [0.717, 1.165) is 22.3 Å². The molecule has 202 valence electrons. The lowest BCUT2D eigenvalue weighted by Gasteiger charge is -2.13. The van der Waals surface area contributed by atoms with Gasteiger partial charge in [-0.2, -0.15) is 5.26 Å². The highest BCUT2D eigenvalue weighted by atomic mass is 14.2. The Balaban J connectivity index is 1.21. The summed E-state index contributed by atoms with van der Waals surface area (Å²) in [7, 11) is 0. The van der Waals surface area contributed by atoms with E-state index in [9.17, 15) is 0 Å². The van der Waals surface area contributed by atoms with Crippen LogP contribution in [0.25, 0.3) is 66.0 Å². The smallest absolute Gasteiger partial charge is 0.0991 e. The lowest BCUT2D eigenvalue weighted by Crippen LogP contribution is -1.86. The summed E-state index contributed by atoms with van der Waals surface area (Å²) in [5.74, 6) is 6.80. The molecular weight excluding hydrogens is 530 g/mol. The molecule has 8 rings (SSSR count). The van der Waals surface area contributed by atoms with E-state index in [4.69, 9.17) is 5.26 Å². The van der Waals surface area contributed by atoms with Crippen LogP contribution in [0, 0.1) is 23.2 Å². The van der Waals surface area contributed by atoms with Gasteiger partial charge in [0.2, 0.25) is 0 Å². The van der Waals surface area contributed by atoms with Gasteiger partial charge in [0.1, 0.15) is 0 Å². The monoisotopic (exact) mass is 555 g/mol. The van der Waals surface area contributed by atoms with Gasteiger partial charge in [-0.1, -0.05) is 127 Å². The van der Waals surface area contributed by atoms with E-state index in [2.05, 4.69) is 145 Å². The second-order valence-electron chi connectivity index (χ2n) is 11.2. The van der Waals surface area contributed by atoms with Gasteiger partial charge >= 0.3 is 0 Å². The fraction of sp³-hybridized carbons (Fsp3) is 0. The molecule has 0 saturated carbocycles. The molecule has 0 atom stereocenters. The van der Waals surface area contributed by atoms with Crippen LogP contribution in [0.4, 0.5) is 0 Å². The lowest BCUT2D eigenvalue weighted by molar-refractivity contribution is 1.48. The van der Waals surface area contributed by atoms with Crippen LogP contribution in [0.5, 0.6) is 0 Å². The average molecular weight is 556 g/mol. The Morgan fingerprint density at radius 3 is 1.48 bits per heavy atom. The number of rotatable bonds is 2. The van der Waals surface area contributed by atoms with Crippen molar-refractivity contribution < 1.29 is 0 Å². The molecule has 0 aliphatic carbocycles. The first-order valence-electron chi connectivity index (χ1n) is 14.7. The molecule has 0 saturated heterocycles. The van der Waals surface area contributed by atoms with Crippen LogP contribution in [-0.4, -0.2) is 0 Å². The van der Waals surface area contributed by atoms with Crippen LogP contribution in [0.15, 0.2) is 140 Å². The number of hydrogen-bond donors (Lipinski definition) is 0. The van der Waals surface area contributed by atoms with Crippen molar-refractivity contribution in [2.45, 2.75) is 0 Å². The highest BCUT2D eigenvalue weighted by Gasteiger charge is 2.11. The third-order valence-electron chi connectivity index (χ3n) is 8.46. The van der Waals surface area contributed by atoms with Crippen LogP contribution in [0.3, 0.4) is 0 Å². The molecule has 0 unspecified atom stereocenters. The zero-order valence-electron chi connectivity index (χ0n) is 23.9. The topological polar surface area (TPSA) is 23.8 Å². The fourth-order valence-electron chi connectivity index (χ4n) is 6.22. The van der Waals surface area contributed by atoms with Crippen LogP contribution in [-0.2, 0) is 0 Å². The van der Waals surface area contributed by atoms with E-state index in [-0.39, 0.29) is 0 Å². The third kappa shape index (κ3) is 4.55. The maximum Gasteiger partial charge on any atom is 0.0991 e. The van der Waals surface area contributed by atoms with Crippen molar-refractivity contribution in [1.82, 2.24) is 0 Å². The lowest BCUT2D eigenvalue weighted by atomic mass is 9.90. The zero-order chi connectivity index (χ0) is 29.5. The van der Waals surface area contributed by atoms with Crippen LogP contribution in [0.2, 0.25) is 0 Å². The molecule has 1 nitrogen and oxygen atoms in total. The quantitative estimate of drug-likeness (QED) is 0.118. The van der Waals surface area contributed by atoms with Gasteiger partial charge in [0.25, 0.3) is 0 Å². The van der Waals surface area contributed by atoms with Gasteiger partial charge < -0.3 is 0 Å². The van der Waals surface area contributed by atoms with Crippen molar-refractivity contribution in [3.63, 3.8) is 0 Å². The van der Waals surface area contributed by atoms with Crippen molar-refractivity contribution in [2.75, 3.05) is 0 Å². The largest absolute Gasteiger partial charge is 0.192 e. The van der Waals surface area contributed by atoms with Gasteiger partial charge in [0.15, 0.2) is 0 Å². The van der Waals surface area contributed by atoms with Gasteiger partial charge in [-0.3, -0.25) is 0 Å². The fourth-order valence-corrected chi connectivity index (χ4v) is 6.22. The molecule has 1 heteroatoms. The Morgan fingerprint density at radius 2 is 0.841 bits per heavy atom. The Labute approximate surface area is 255 Å². The van der Waals surface area contributed by atoms with E-state index in [1.165, 1.54) is 53.9 Å². The number of nitrogens with zero attached hydrogens (tertiary/aromatic N) is 1. The summed E-state index contributed by atoms with van der Waals surface area (Å²) in [6.07, 6.45) is 4.13. The average Bonchev–Trinajstić information content (AvgIpc) is 3.09. The SMILES string of the molecule is N#Cc1ccc(/C=C\c2ccc(C#Cc3ccc4ccc5ccc6ccc7ccc8ccccc8c7c6c5c4c3)cc2)cc1. The van der Waals surface area contributed by atoms with Crippen LogP contribution < -0.4 is 0 Å². The second kappa shape index (κ2) is 10.6. The molecule has 0 bridgehead atoms. The minimum Gasteiger partial charge on any atom is -0.192 e. The summed E-state index contributed by atoms with van der Waals surface area (Å²) in [6.45, 7) is 0. The van der Waals surface area contributed by atoms with Crippen LogP contribution in [0.1, 0.15) is 27.8 Å². The third-order valence-corrected chi connectivity index (χ3v) is 8.46. The standard InChI is InChI=1S/C43H25N/c44-28-33-15-12-31(13-16-33)10-7-29-5-8-30(9-6-29)11-14-32-17-18-35-20-22-37-24-26-38-25-23-36-21-19-34-3-1-2-4-39(34)41(36)43(38)42(37)40(35)27-32/h1-10,12-13,15-27H/b10-7-. The van der Waals surface area contributed by atoms with Crippen molar-refractivity contribution in [1.29, 1.82) is 5.26 Å². The first-order chi connectivity index (χ1) is 21.7. The molecule has 0 amide bonds. The summed E-state index contributed by atoms with van der Waals surface area (Å²) in [6, 6.07) is 51.2. The van der Waals surface area contributed by atoms with E-state index >= 15 is 0 Å². The maximum atomic E-state index is 8.99. The number of nitriles is 1. The van der Waals surface area contributed by atoms with Gasteiger partial charge in [-0.25, -0.2) is 0 Å². The summed E-state index contributed by atoms with van der Waals surface area (Å²) >= 11 is 0. The van der Waals surface area contributed by atoms with Gasteiger partial charge in [0.05, 0.1) is 11.6 Å². The molecule has 0 heterocycles. The molecule has 8 aromatic carbocycles. The predicted molar refractivity (Wildman–Crippen MR) is 186 cm³/mol. The van der Waals surface area contributed by atoms with Crippen molar-refractivity contribution >= 4 is 66.0 Å². The number of hydrogen-bond acceptors (Lipinski definition) is 1. The highest BCUT2D eigenvalue weighted by Crippen LogP contribution is 2.39. The van der Waals surface area contributed by atoms with E-state index in [1.54, 1.807) is 0 Å². The molecule has 0 spiro atoms. The van der Waals surface area contributed by atoms with Gasteiger partial charge in [0, 0.05) is 11.1 Å². The zero-order valence-corrected chi connectivity index (χ0v) is 23.9. The van der Waals surface area contributed by atoms with E-state index in [0.29, 0.717) is 5.56 Å². The summed E-state index contributed by atoms with van der Waals surface area (Å²) in [5, 5.41) is 21.6. The summed E-state index contributed by atoms with van der Waals surface area (Å²) in [5.41, 5.74) is 4.80. The molecular formula is C43H25N. The number of benzene rings is 8. The Bertz CT molecular complexity index is 2520. The molecule has 0 N–H and O–H groups in total. The van der Waals surface area contributed by atoms with E-state index in [1.807, 2.05) is 24.3 Å². The minimum atomic E-state index is 0.667. The second-order valence-corrected chi connectivity index (χ2v) is 11.2. The molecule has 44 heavy (non-hydrogen) atoms.